The number of alkyl halides is 3. The first-order valence-electron chi connectivity index (χ1n) is 3.58. The van der Waals surface area contributed by atoms with Gasteiger partial charge in [-0.05, 0) is 18.2 Å². The molecule has 0 saturated heterocycles. The average molecular weight is 186 g/mol. The summed E-state index contributed by atoms with van der Waals surface area (Å²) in [5.41, 5.74) is -0.574. The fourth-order valence-electron chi connectivity index (χ4n) is 1.19. The third kappa shape index (κ3) is 1.26. The van der Waals surface area contributed by atoms with Gasteiger partial charge in [-0.25, -0.2) is 4.52 Å². The second kappa shape index (κ2) is 2.48. The Hall–Kier alpha value is -1.52. The largest absolute Gasteiger partial charge is 0.418 e. The summed E-state index contributed by atoms with van der Waals surface area (Å²) in [7, 11) is 0. The van der Waals surface area contributed by atoms with Gasteiger partial charge in [-0.2, -0.15) is 18.3 Å². The van der Waals surface area contributed by atoms with Gasteiger partial charge >= 0.3 is 6.18 Å². The summed E-state index contributed by atoms with van der Waals surface area (Å²) in [4.78, 5) is 0. The molecule has 0 aliphatic rings. The molecule has 0 amide bonds. The molecule has 2 aromatic heterocycles. The molecule has 5 heteroatoms. The molecule has 68 valence electrons. The maximum atomic E-state index is 12.3. The van der Waals surface area contributed by atoms with Crippen LogP contribution in [0.25, 0.3) is 5.52 Å². The van der Waals surface area contributed by atoms with Crippen LogP contribution < -0.4 is 0 Å². The van der Waals surface area contributed by atoms with Gasteiger partial charge < -0.3 is 0 Å². The van der Waals surface area contributed by atoms with Gasteiger partial charge in [-0.15, -0.1) is 0 Å². The molecule has 0 aliphatic heterocycles. The Bertz CT molecular complexity index is 430. The molecule has 0 unspecified atom stereocenters. The van der Waals surface area contributed by atoms with Crippen molar-refractivity contribution in [2.75, 3.05) is 0 Å². The fourth-order valence-corrected chi connectivity index (χ4v) is 1.19. The summed E-state index contributed by atoms with van der Waals surface area (Å²) in [6.45, 7) is 0. The Balaban J connectivity index is 2.72. The summed E-state index contributed by atoms with van der Waals surface area (Å²) >= 11 is 0. The van der Waals surface area contributed by atoms with Crippen molar-refractivity contribution >= 4 is 5.52 Å². The third-order valence-corrected chi connectivity index (χ3v) is 1.74. The van der Waals surface area contributed by atoms with E-state index in [9.17, 15) is 13.2 Å². The minimum atomic E-state index is -4.31. The molecular formula is C8H5F3N2. The first kappa shape index (κ1) is 8.10. The number of nitrogens with zero attached hydrogens (tertiary/aromatic N) is 2. The Labute approximate surface area is 71.6 Å². The van der Waals surface area contributed by atoms with Crippen LogP contribution >= 0.6 is 0 Å². The van der Waals surface area contributed by atoms with E-state index < -0.39 is 11.7 Å². The Kier molecular flexibility index (Phi) is 1.55. The summed E-state index contributed by atoms with van der Waals surface area (Å²) in [6.07, 6.45) is -1.58. The van der Waals surface area contributed by atoms with E-state index in [4.69, 9.17) is 0 Å². The van der Waals surface area contributed by atoms with Gasteiger partial charge in [0.05, 0.1) is 11.1 Å². The van der Waals surface area contributed by atoms with Gasteiger partial charge in [0.15, 0.2) is 0 Å². The van der Waals surface area contributed by atoms with E-state index >= 15 is 0 Å². The summed E-state index contributed by atoms with van der Waals surface area (Å²) in [6, 6.07) is 3.88. The van der Waals surface area contributed by atoms with Gasteiger partial charge in [-0.3, -0.25) is 0 Å². The van der Waals surface area contributed by atoms with Crippen LogP contribution in [0.1, 0.15) is 5.56 Å². The van der Waals surface area contributed by atoms with Gasteiger partial charge in [0.25, 0.3) is 0 Å². The maximum absolute atomic E-state index is 12.3. The highest BCUT2D eigenvalue weighted by atomic mass is 19.4. The van der Waals surface area contributed by atoms with Crippen LogP contribution in [0.4, 0.5) is 13.2 Å². The molecule has 2 nitrogen and oxygen atoms in total. The Morgan fingerprint density at radius 2 is 2.00 bits per heavy atom. The van der Waals surface area contributed by atoms with Crippen LogP contribution in [0.15, 0.2) is 30.6 Å². The molecule has 0 aliphatic carbocycles. The van der Waals surface area contributed by atoms with Gasteiger partial charge in [0.2, 0.25) is 0 Å². The van der Waals surface area contributed by atoms with Crippen molar-refractivity contribution in [1.29, 1.82) is 0 Å². The van der Waals surface area contributed by atoms with E-state index in [0.717, 1.165) is 6.07 Å². The van der Waals surface area contributed by atoms with Crippen molar-refractivity contribution in [2.24, 2.45) is 0 Å². The molecule has 0 aromatic carbocycles. The van der Waals surface area contributed by atoms with E-state index in [1.54, 1.807) is 0 Å². The Morgan fingerprint density at radius 1 is 1.23 bits per heavy atom. The minimum absolute atomic E-state index is 0.0787. The van der Waals surface area contributed by atoms with Crippen LogP contribution in [0.3, 0.4) is 0 Å². The topological polar surface area (TPSA) is 17.3 Å². The molecule has 0 fully saturated rings. The molecule has 0 saturated carbocycles. The van der Waals surface area contributed by atoms with E-state index in [-0.39, 0.29) is 5.52 Å². The zero-order valence-electron chi connectivity index (χ0n) is 6.42. The lowest BCUT2D eigenvalue weighted by Crippen LogP contribution is -2.04. The van der Waals surface area contributed by atoms with Gasteiger partial charge in [0.1, 0.15) is 0 Å². The number of halogens is 3. The molecular weight excluding hydrogens is 181 g/mol. The average Bonchev–Trinajstić information content (AvgIpc) is 2.45. The molecule has 2 rings (SSSR count). The number of hydrogen-bond acceptors (Lipinski definition) is 1. The SMILES string of the molecule is FC(F)(F)c1ccn2ncccc12. The zero-order valence-corrected chi connectivity index (χ0v) is 6.42. The van der Waals surface area contributed by atoms with Crippen molar-refractivity contribution in [2.45, 2.75) is 6.18 Å². The smallest absolute Gasteiger partial charge is 0.240 e. The van der Waals surface area contributed by atoms with Crippen LogP contribution in [0, 0.1) is 0 Å². The third-order valence-electron chi connectivity index (χ3n) is 1.74. The molecule has 2 heterocycles. The van der Waals surface area contributed by atoms with Crippen LogP contribution in [-0.4, -0.2) is 9.61 Å². The second-order valence-corrected chi connectivity index (χ2v) is 2.58. The standard InChI is InChI=1S/C8H5F3N2/c9-8(10,11)6-3-5-13-7(6)2-1-4-12-13/h1-5H. The van der Waals surface area contributed by atoms with Crippen LogP contribution in [0.2, 0.25) is 0 Å². The predicted molar refractivity (Wildman–Crippen MR) is 40.2 cm³/mol. The molecule has 0 atom stereocenters. The minimum Gasteiger partial charge on any atom is -0.240 e. The molecule has 0 radical (unpaired) electrons. The number of aromatic nitrogens is 2. The van der Waals surface area contributed by atoms with E-state index in [0.29, 0.717) is 0 Å². The van der Waals surface area contributed by atoms with Crippen LogP contribution in [0.5, 0.6) is 0 Å². The van der Waals surface area contributed by atoms with Crippen molar-refractivity contribution < 1.29 is 13.2 Å². The quantitative estimate of drug-likeness (QED) is 0.617. The summed E-state index contributed by atoms with van der Waals surface area (Å²) in [5.74, 6) is 0. The van der Waals surface area contributed by atoms with E-state index in [1.165, 1.54) is 29.0 Å². The highest BCUT2D eigenvalue weighted by molar-refractivity contribution is 5.55. The number of fused-ring (bicyclic) bond motifs is 1. The monoisotopic (exact) mass is 186 g/mol. The van der Waals surface area contributed by atoms with Crippen molar-refractivity contribution in [1.82, 2.24) is 9.61 Å². The van der Waals surface area contributed by atoms with E-state index in [2.05, 4.69) is 5.10 Å². The number of hydrogen-bond donors (Lipinski definition) is 0. The molecule has 13 heavy (non-hydrogen) atoms. The maximum Gasteiger partial charge on any atom is 0.418 e. The first-order valence-corrected chi connectivity index (χ1v) is 3.58. The number of rotatable bonds is 0. The normalized spacial score (nSPS) is 12.2. The second-order valence-electron chi connectivity index (χ2n) is 2.58. The lowest BCUT2D eigenvalue weighted by atomic mass is 10.2. The lowest BCUT2D eigenvalue weighted by Gasteiger charge is -2.03. The molecule has 0 N–H and O–H groups in total. The van der Waals surface area contributed by atoms with E-state index in [1.807, 2.05) is 0 Å². The van der Waals surface area contributed by atoms with Gasteiger partial charge in [0, 0.05) is 12.4 Å². The van der Waals surface area contributed by atoms with Crippen molar-refractivity contribution in [3.63, 3.8) is 0 Å². The summed E-state index contributed by atoms with van der Waals surface area (Å²) < 4.78 is 38.1. The van der Waals surface area contributed by atoms with Crippen molar-refractivity contribution in [3.8, 4) is 0 Å². The first-order chi connectivity index (χ1) is 6.09. The fraction of sp³-hybridized carbons (Fsp3) is 0.125. The highest BCUT2D eigenvalue weighted by Crippen LogP contribution is 2.32. The van der Waals surface area contributed by atoms with Gasteiger partial charge in [-0.1, -0.05) is 0 Å². The van der Waals surface area contributed by atoms with Crippen LogP contribution in [-0.2, 0) is 6.18 Å². The molecule has 0 spiro atoms. The molecule has 2 aromatic rings. The molecule has 0 bridgehead atoms. The lowest BCUT2D eigenvalue weighted by molar-refractivity contribution is -0.136. The summed E-state index contributed by atoms with van der Waals surface area (Å²) in [5, 5.41) is 3.73. The Morgan fingerprint density at radius 3 is 2.69 bits per heavy atom. The zero-order chi connectivity index (χ0) is 9.47. The predicted octanol–water partition coefficient (Wildman–Crippen LogP) is 2.35. The highest BCUT2D eigenvalue weighted by Gasteiger charge is 2.33. The van der Waals surface area contributed by atoms with Crippen molar-refractivity contribution in [3.05, 3.63) is 36.2 Å².